The number of imidazole rings is 1. The van der Waals surface area contributed by atoms with Crippen LogP contribution in [-0.2, 0) is 0 Å². The topological polar surface area (TPSA) is 37.6 Å². The van der Waals surface area contributed by atoms with Gasteiger partial charge in [-0.25, -0.2) is 4.98 Å². The van der Waals surface area contributed by atoms with Crippen LogP contribution in [0, 0.1) is 6.92 Å². The Morgan fingerprint density at radius 3 is 2.63 bits per heavy atom. The van der Waals surface area contributed by atoms with Crippen LogP contribution in [0.3, 0.4) is 0 Å². The molecule has 0 saturated heterocycles. The van der Waals surface area contributed by atoms with E-state index in [0.29, 0.717) is 18.8 Å². The van der Waals surface area contributed by atoms with Gasteiger partial charge in [0.1, 0.15) is 11.3 Å². The van der Waals surface area contributed by atoms with Crippen molar-refractivity contribution in [3.8, 4) is 0 Å². The molecule has 0 spiro atoms. The van der Waals surface area contributed by atoms with E-state index in [4.69, 9.17) is 0 Å². The van der Waals surface area contributed by atoms with Crippen molar-refractivity contribution >= 4 is 11.6 Å². The third kappa shape index (κ3) is 2.57. The van der Waals surface area contributed by atoms with Gasteiger partial charge in [0.25, 0.3) is 5.91 Å². The molecule has 98 valence electrons. The highest BCUT2D eigenvalue weighted by Crippen LogP contribution is 2.10. The lowest BCUT2D eigenvalue weighted by atomic mass is 10.3. The lowest BCUT2D eigenvalue weighted by molar-refractivity contribution is 0.0786. The first-order chi connectivity index (χ1) is 9.17. The molecular formula is C15H17N3O. The van der Waals surface area contributed by atoms with E-state index in [0.717, 1.165) is 11.3 Å². The van der Waals surface area contributed by atoms with Crippen LogP contribution in [-0.4, -0.2) is 33.3 Å². The summed E-state index contributed by atoms with van der Waals surface area (Å²) in [6.45, 7) is 10.3. The van der Waals surface area contributed by atoms with E-state index >= 15 is 0 Å². The summed E-state index contributed by atoms with van der Waals surface area (Å²) in [5.41, 5.74) is 2.27. The molecule has 2 aromatic rings. The van der Waals surface area contributed by atoms with Crippen LogP contribution in [0.15, 0.2) is 49.7 Å². The van der Waals surface area contributed by atoms with Crippen molar-refractivity contribution in [3.63, 3.8) is 0 Å². The normalized spacial score (nSPS) is 10.4. The number of carbonyl (C=O) groups is 1. The molecule has 0 N–H and O–H groups in total. The maximum atomic E-state index is 12.4. The minimum absolute atomic E-state index is 0.108. The van der Waals surface area contributed by atoms with Crippen LogP contribution in [0.4, 0.5) is 0 Å². The number of fused-ring (bicyclic) bond motifs is 1. The number of amides is 1. The fourth-order valence-corrected chi connectivity index (χ4v) is 1.97. The minimum Gasteiger partial charge on any atom is -0.330 e. The van der Waals surface area contributed by atoms with Crippen molar-refractivity contribution in [2.75, 3.05) is 13.1 Å². The molecule has 0 atom stereocenters. The van der Waals surface area contributed by atoms with Gasteiger partial charge in [0, 0.05) is 25.0 Å². The summed E-state index contributed by atoms with van der Waals surface area (Å²) in [7, 11) is 0. The number of pyridine rings is 1. The molecule has 0 aromatic carbocycles. The van der Waals surface area contributed by atoms with Gasteiger partial charge in [0.2, 0.25) is 0 Å². The first kappa shape index (κ1) is 13.1. The van der Waals surface area contributed by atoms with E-state index in [1.54, 1.807) is 23.2 Å². The highest BCUT2D eigenvalue weighted by atomic mass is 16.2. The second-order valence-electron chi connectivity index (χ2n) is 4.31. The number of aryl methyl sites for hydroxylation is 1. The summed E-state index contributed by atoms with van der Waals surface area (Å²) in [5, 5.41) is 0. The number of nitrogens with zero attached hydrogens (tertiary/aromatic N) is 3. The third-order valence-corrected chi connectivity index (χ3v) is 2.90. The SMILES string of the molecule is C=CCN(CC=C)C(=O)c1cn2c(C)cccc2n1. The smallest absolute Gasteiger partial charge is 0.274 e. The van der Waals surface area contributed by atoms with Gasteiger partial charge in [-0.1, -0.05) is 18.2 Å². The molecule has 19 heavy (non-hydrogen) atoms. The van der Waals surface area contributed by atoms with Crippen molar-refractivity contribution in [3.05, 3.63) is 61.1 Å². The Hall–Kier alpha value is -2.36. The summed E-state index contributed by atoms with van der Waals surface area (Å²) in [5.74, 6) is -0.108. The Balaban J connectivity index is 2.37. The molecule has 2 rings (SSSR count). The summed E-state index contributed by atoms with van der Waals surface area (Å²) in [6.07, 6.45) is 5.16. The predicted octanol–water partition coefficient (Wildman–Crippen LogP) is 2.46. The van der Waals surface area contributed by atoms with E-state index in [1.807, 2.05) is 29.5 Å². The van der Waals surface area contributed by atoms with E-state index in [1.165, 1.54) is 0 Å². The van der Waals surface area contributed by atoms with Gasteiger partial charge in [-0.15, -0.1) is 13.2 Å². The fourth-order valence-electron chi connectivity index (χ4n) is 1.97. The van der Waals surface area contributed by atoms with Crippen LogP contribution in [0.1, 0.15) is 16.2 Å². The van der Waals surface area contributed by atoms with Gasteiger partial charge in [0.15, 0.2) is 0 Å². The maximum absolute atomic E-state index is 12.4. The van der Waals surface area contributed by atoms with Crippen molar-refractivity contribution in [2.45, 2.75) is 6.92 Å². The molecule has 2 heterocycles. The van der Waals surface area contributed by atoms with Gasteiger partial charge in [-0.3, -0.25) is 4.79 Å². The zero-order valence-corrected chi connectivity index (χ0v) is 11.0. The molecule has 0 aliphatic carbocycles. The molecule has 0 saturated carbocycles. The number of rotatable bonds is 5. The van der Waals surface area contributed by atoms with Gasteiger partial charge in [-0.2, -0.15) is 0 Å². The van der Waals surface area contributed by atoms with Crippen molar-refractivity contribution < 1.29 is 4.79 Å². The summed E-state index contributed by atoms with van der Waals surface area (Å²) in [4.78, 5) is 18.4. The van der Waals surface area contributed by atoms with Gasteiger partial charge in [-0.05, 0) is 19.1 Å². The average Bonchev–Trinajstić information content (AvgIpc) is 2.83. The monoisotopic (exact) mass is 255 g/mol. The van der Waals surface area contributed by atoms with Gasteiger partial charge in [0.05, 0.1) is 0 Å². The lowest BCUT2D eigenvalue weighted by Crippen LogP contribution is -2.31. The molecule has 1 amide bonds. The van der Waals surface area contributed by atoms with Crippen LogP contribution in [0.25, 0.3) is 5.65 Å². The van der Waals surface area contributed by atoms with Gasteiger partial charge < -0.3 is 9.30 Å². The van der Waals surface area contributed by atoms with Crippen LogP contribution < -0.4 is 0 Å². The molecule has 0 radical (unpaired) electrons. The Morgan fingerprint density at radius 1 is 1.37 bits per heavy atom. The molecular weight excluding hydrogens is 238 g/mol. The molecule has 0 bridgehead atoms. The van der Waals surface area contributed by atoms with E-state index in [-0.39, 0.29) is 5.91 Å². The molecule has 0 aliphatic heterocycles. The Morgan fingerprint density at radius 2 is 2.05 bits per heavy atom. The fraction of sp³-hybridized carbons (Fsp3) is 0.200. The number of aromatic nitrogens is 2. The van der Waals surface area contributed by atoms with Crippen molar-refractivity contribution in [2.24, 2.45) is 0 Å². The van der Waals surface area contributed by atoms with Crippen molar-refractivity contribution in [1.82, 2.24) is 14.3 Å². The number of hydrogen-bond acceptors (Lipinski definition) is 2. The minimum atomic E-state index is -0.108. The number of carbonyl (C=O) groups excluding carboxylic acids is 1. The molecule has 0 unspecified atom stereocenters. The summed E-state index contributed by atoms with van der Waals surface area (Å²) < 4.78 is 1.91. The molecule has 4 heteroatoms. The Bertz CT molecular complexity index is 617. The van der Waals surface area contributed by atoms with Crippen LogP contribution in [0.2, 0.25) is 0 Å². The highest BCUT2D eigenvalue weighted by Gasteiger charge is 2.17. The molecule has 2 aromatic heterocycles. The van der Waals surface area contributed by atoms with Gasteiger partial charge >= 0.3 is 0 Å². The standard InChI is InChI=1S/C15H17N3O/c1-4-9-17(10-5-2)15(19)13-11-18-12(3)7-6-8-14(18)16-13/h4-8,11H,1-2,9-10H2,3H3. The van der Waals surface area contributed by atoms with Crippen LogP contribution in [0.5, 0.6) is 0 Å². The van der Waals surface area contributed by atoms with E-state index in [2.05, 4.69) is 18.1 Å². The second-order valence-corrected chi connectivity index (χ2v) is 4.31. The maximum Gasteiger partial charge on any atom is 0.274 e. The van der Waals surface area contributed by atoms with E-state index < -0.39 is 0 Å². The Labute approximate surface area is 112 Å². The molecule has 4 nitrogen and oxygen atoms in total. The highest BCUT2D eigenvalue weighted by molar-refractivity contribution is 5.93. The quantitative estimate of drug-likeness (QED) is 0.770. The van der Waals surface area contributed by atoms with E-state index in [9.17, 15) is 4.79 Å². The summed E-state index contributed by atoms with van der Waals surface area (Å²) >= 11 is 0. The van der Waals surface area contributed by atoms with Crippen molar-refractivity contribution in [1.29, 1.82) is 0 Å². The zero-order valence-electron chi connectivity index (χ0n) is 11.0. The Kier molecular flexibility index (Phi) is 3.80. The predicted molar refractivity (Wildman–Crippen MR) is 76.2 cm³/mol. The third-order valence-electron chi connectivity index (χ3n) is 2.90. The first-order valence-electron chi connectivity index (χ1n) is 6.13. The number of hydrogen-bond donors (Lipinski definition) is 0. The zero-order chi connectivity index (χ0) is 13.8. The summed E-state index contributed by atoms with van der Waals surface area (Å²) in [6, 6.07) is 5.79. The molecule has 0 aliphatic rings. The molecule has 0 fully saturated rings. The lowest BCUT2D eigenvalue weighted by Gasteiger charge is -2.17. The average molecular weight is 255 g/mol. The largest absolute Gasteiger partial charge is 0.330 e. The first-order valence-corrected chi connectivity index (χ1v) is 6.13. The van der Waals surface area contributed by atoms with Crippen LogP contribution >= 0.6 is 0 Å². The second kappa shape index (κ2) is 5.52.